The van der Waals surface area contributed by atoms with E-state index >= 15 is 0 Å². The van der Waals surface area contributed by atoms with E-state index in [0.717, 1.165) is 28.2 Å². The van der Waals surface area contributed by atoms with Crippen molar-refractivity contribution >= 4 is 5.65 Å². The molecule has 0 aliphatic heterocycles. The fraction of sp³-hybridized carbons (Fsp3) is 0.154. The average Bonchev–Trinajstić information content (AvgIpc) is 2.68. The Balaban J connectivity index is 2.37. The predicted molar refractivity (Wildman–Crippen MR) is 65.7 cm³/mol. The van der Waals surface area contributed by atoms with Gasteiger partial charge in [-0.1, -0.05) is 30.3 Å². The zero-order valence-electron chi connectivity index (χ0n) is 9.75. The summed E-state index contributed by atoms with van der Waals surface area (Å²) in [5.74, 6) is 0. The molecule has 0 aliphatic rings. The molecule has 0 saturated carbocycles. The second-order valence-corrected chi connectivity index (χ2v) is 4.05. The second kappa shape index (κ2) is 3.66. The summed E-state index contributed by atoms with van der Waals surface area (Å²) in [6.45, 7) is 3.97. The lowest BCUT2D eigenvalue weighted by atomic mass is 10.1. The Kier molecular flexibility index (Phi) is 2.14. The van der Waals surface area contributed by atoms with Gasteiger partial charge >= 0.3 is 0 Å². The monoisotopic (exact) mass is 224 g/mol. The van der Waals surface area contributed by atoms with Crippen LogP contribution in [-0.4, -0.2) is 19.8 Å². The molecular formula is C13H12N4. The van der Waals surface area contributed by atoms with Crippen molar-refractivity contribution < 1.29 is 0 Å². The fourth-order valence-electron chi connectivity index (χ4n) is 2.02. The van der Waals surface area contributed by atoms with Crippen LogP contribution in [0.15, 0.2) is 36.5 Å². The molecule has 0 radical (unpaired) electrons. The highest BCUT2D eigenvalue weighted by molar-refractivity contribution is 5.79. The molecule has 0 amide bonds. The van der Waals surface area contributed by atoms with Gasteiger partial charge in [0.15, 0.2) is 5.65 Å². The Morgan fingerprint density at radius 2 is 1.82 bits per heavy atom. The highest BCUT2D eigenvalue weighted by Gasteiger charge is 2.13. The summed E-state index contributed by atoms with van der Waals surface area (Å²) in [5, 5.41) is 12.7. The Bertz CT molecular complexity index is 670. The third-order valence-electron chi connectivity index (χ3n) is 2.83. The molecule has 3 rings (SSSR count). The summed E-state index contributed by atoms with van der Waals surface area (Å²) in [7, 11) is 0. The normalized spacial score (nSPS) is 10.9. The number of aromatic nitrogens is 4. The minimum absolute atomic E-state index is 0.814. The molecule has 0 aliphatic carbocycles. The number of hydrogen-bond acceptors (Lipinski definition) is 3. The highest BCUT2D eigenvalue weighted by atomic mass is 15.3. The van der Waals surface area contributed by atoms with Crippen molar-refractivity contribution in [2.24, 2.45) is 0 Å². The van der Waals surface area contributed by atoms with Gasteiger partial charge in [-0.3, -0.25) is 0 Å². The van der Waals surface area contributed by atoms with Crippen molar-refractivity contribution in [3.8, 4) is 11.1 Å². The first-order valence-electron chi connectivity index (χ1n) is 5.50. The number of benzene rings is 1. The predicted octanol–water partition coefficient (Wildman–Crippen LogP) is 2.41. The van der Waals surface area contributed by atoms with Gasteiger partial charge in [-0.2, -0.15) is 10.2 Å². The van der Waals surface area contributed by atoms with Crippen molar-refractivity contribution in [2.45, 2.75) is 13.8 Å². The number of rotatable bonds is 1. The van der Waals surface area contributed by atoms with Crippen LogP contribution < -0.4 is 0 Å². The smallest absolute Gasteiger partial charge is 0.185 e. The molecule has 0 bridgehead atoms. The van der Waals surface area contributed by atoms with E-state index in [-0.39, 0.29) is 0 Å². The Morgan fingerprint density at radius 3 is 2.59 bits per heavy atom. The molecule has 4 nitrogen and oxygen atoms in total. The molecule has 0 N–H and O–H groups in total. The van der Waals surface area contributed by atoms with Crippen LogP contribution in [0.25, 0.3) is 16.8 Å². The summed E-state index contributed by atoms with van der Waals surface area (Å²) in [5.41, 5.74) is 4.95. The van der Waals surface area contributed by atoms with E-state index in [4.69, 9.17) is 0 Å². The van der Waals surface area contributed by atoms with E-state index in [1.807, 2.05) is 36.6 Å². The van der Waals surface area contributed by atoms with Crippen molar-refractivity contribution in [2.75, 3.05) is 0 Å². The van der Waals surface area contributed by atoms with E-state index in [1.54, 1.807) is 6.20 Å². The lowest BCUT2D eigenvalue weighted by molar-refractivity contribution is 0.839. The molecule has 0 unspecified atom stereocenters. The molecule has 84 valence electrons. The number of nitrogens with zero attached hydrogens (tertiary/aromatic N) is 4. The Morgan fingerprint density at radius 1 is 1.06 bits per heavy atom. The first kappa shape index (κ1) is 9.96. The number of hydrogen-bond donors (Lipinski definition) is 0. The highest BCUT2D eigenvalue weighted by Crippen LogP contribution is 2.26. The number of aryl methyl sites for hydroxylation is 2. The molecule has 4 heteroatoms. The fourth-order valence-corrected chi connectivity index (χ4v) is 2.02. The molecule has 3 aromatic rings. The maximum atomic E-state index is 4.50. The summed E-state index contributed by atoms with van der Waals surface area (Å²) >= 11 is 0. The molecule has 2 aromatic heterocycles. The molecular weight excluding hydrogens is 212 g/mol. The maximum absolute atomic E-state index is 4.50. The van der Waals surface area contributed by atoms with E-state index in [1.165, 1.54) is 0 Å². The van der Waals surface area contributed by atoms with Crippen LogP contribution in [0.3, 0.4) is 0 Å². The Hall–Kier alpha value is -2.23. The van der Waals surface area contributed by atoms with E-state index in [0.29, 0.717) is 0 Å². The standard InChI is InChI=1S/C13H12N4/c1-9-8-14-15-13-12(10(2)16-17(9)13)11-6-4-3-5-7-11/h3-8H,1-2H3. The van der Waals surface area contributed by atoms with Crippen LogP contribution in [0.5, 0.6) is 0 Å². The third kappa shape index (κ3) is 1.49. The van der Waals surface area contributed by atoms with Gasteiger partial charge in [0.25, 0.3) is 0 Å². The minimum atomic E-state index is 0.814. The molecule has 0 atom stereocenters. The molecule has 0 spiro atoms. The molecule has 0 saturated heterocycles. The van der Waals surface area contributed by atoms with Crippen molar-refractivity contribution in [3.63, 3.8) is 0 Å². The molecule has 17 heavy (non-hydrogen) atoms. The van der Waals surface area contributed by atoms with Gasteiger partial charge in [-0.15, -0.1) is 5.10 Å². The topological polar surface area (TPSA) is 43.1 Å². The first-order chi connectivity index (χ1) is 8.27. The summed E-state index contributed by atoms with van der Waals surface area (Å²) in [4.78, 5) is 0. The third-order valence-corrected chi connectivity index (χ3v) is 2.83. The van der Waals surface area contributed by atoms with Gasteiger partial charge in [0.1, 0.15) is 0 Å². The van der Waals surface area contributed by atoms with Gasteiger partial charge in [-0.25, -0.2) is 4.52 Å². The lowest BCUT2D eigenvalue weighted by Gasteiger charge is -1.99. The van der Waals surface area contributed by atoms with Crippen LogP contribution in [0.1, 0.15) is 11.4 Å². The van der Waals surface area contributed by atoms with Crippen molar-refractivity contribution in [1.82, 2.24) is 19.8 Å². The second-order valence-electron chi connectivity index (χ2n) is 4.05. The van der Waals surface area contributed by atoms with Gasteiger partial charge in [-0.05, 0) is 19.4 Å². The van der Waals surface area contributed by atoms with Gasteiger partial charge in [0.05, 0.1) is 23.1 Å². The van der Waals surface area contributed by atoms with E-state index in [9.17, 15) is 0 Å². The van der Waals surface area contributed by atoms with E-state index < -0.39 is 0 Å². The molecule has 1 aromatic carbocycles. The zero-order valence-corrected chi connectivity index (χ0v) is 9.75. The van der Waals surface area contributed by atoms with Crippen LogP contribution in [0.2, 0.25) is 0 Å². The van der Waals surface area contributed by atoms with Crippen LogP contribution in [-0.2, 0) is 0 Å². The Labute approximate surface area is 98.9 Å². The van der Waals surface area contributed by atoms with Gasteiger partial charge in [0.2, 0.25) is 0 Å². The SMILES string of the molecule is Cc1nn2c(C)cnnc2c1-c1ccccc1. The van der Waals surface area contributed by atoms with Crippen molar-refractivity contribution in [3.05, 3.63) is 47.9 Å². The summed E-state index contributed by atoms with van der Waals surface area (Å²) in [6, 6.07) is 10.2. The maximum Gasteiger partial charge on any atom is 0.185 e. The van der Waals surface area contributed by atoms with Crippen molar-refractivity contribution in [1.29, 1.82) is 0 Å². The average molecular weight is 224 g/mol. The molecule has 2 heterocycles. The number of fused-ring (bicyclic) bond motifs is 1. The first-order valence-corrected chi connectivity index (χ1v) is 5.50. The summed E-state index contributed by atoms with van der Waals surface area (Å²) < 4.78 is 1.84. The van der Waals surface area contributed by atoms with E-state index in [2.05, 4.69) is 27.4 Å². The molecule has 0 fully saturated rings. The van der Waals surface area contributed by atoms with Crippen LogP contribution in [0.4, 0.5) is 0 Å². The summed E-state index contributed by atoms with van der Waals surface area (Å²) in [6.07, 6.45) is 1.72. The zero-order chi connectivity index (χ0) is 11.8. The van der Waals surface area contributed by atoms with Gasteiger partial charge in [0, 0.05) is 0 Å². The minimum Gasteiger partial charge on any atom is -0.215 e. The van der Waals surface area contributed by atoms with Crippen LogP contribution in [0, 0.1) is 13.8 Å². The largest absolute Gasteiger partial charge is 0.215 e. The van der Waals surface area contributed by atoms with Gasteiger partial charge < -0.3 is 0 Å². The van der Waals surface area contributed by atoms with Crippen LogP contribution >= 0.6 is 0 Å². The quantitative estimate of drug-likeness (QED) is 0.637. The lowest BCUT2D eigenvalue weighted by Crippen LogP contribution is -1.97.